The molecule has 0 aliphatic heterocycles. The van der Waals surface area contributed by atoms with E-state index in [0.29, 0.717) is 22.4 Å². The minimum atomic E-state index is -0.144. The Balaban J connectivity index is 1.43. The second kappa shape index (κ2) is 8.23. The van der Waals surface area contributed by atoms with Crippen LogP contribution in [0.25, 0.3) is 22.4 Å². The van der Waals surface area contributed by atoms with Crippen LogP contribution in [0.2, 0.25) is 0 Å². The summed E-state index contributed by atoms with van der Waals surface area (Å²) in [5.74, 6) is 0.751. The average molecular weight is 484 g/mol. The van der Waals surface area contributed by atoms with Gasteiger partial charge in [-0.15, -0.1) is 10.2 Å². The number of aromatic nitrogens is 5. The fourth-order valence-corrected chi connectivity index (χ4v) is 5.79. The number of ketones is 1. The van der Waals surface area contributed by atoms with Crippen molar-refractivity contribution < 1.29 is 4.79 Å². The minimum absolute atomic E-state index is 0.0725. The molecule has 0 atom stereocenters. The number of hydrogen-bond acceptors (Lipinski definition) is 5. The zero-order chi connectivity index (χ0) is 24.3. The lowest BCUT2D eigenvalue weighted by molar-refractivity contribution is 0.102. The van der Waals surface area contributed by atoms with Crippen LogP contribution in [-0.2, 0) is 0 Å². The highest BCUT2D eigenvalue weighted by Gasteiger charge is 2.28. The Hall–Kier alpha value is -3.65. The molecule has 6 rings (SSSR count). The van der Waals surface area contributed by atoms with E-state index in [0.717, 1.165) is 33.7 Å². The van der Waals surface area contributed by atoms with E-state index in [1.165, 1.54) is 24.6 Å². The third-order valence-corrected chi connectivity index (χ3v) is 7.71. The highest BCUT2D eigenvalue weighted by atomic mass is 32.2. The summed E-state index contributed by atoms with van der Waals surface area (Å²) in [4.78, 5) is 26.7. The number of Topliss-reactive ketones (excluding diaryl/α,β-unsaturated/α-hetero) is 1. The first kappa shape index (κ1) is 21.9. The molecule has 1 aliphatic rings. The molecule has 5 aromatic rings. The Labute approximate surface area is 206 Å². The largest absolute Gasteiger partial charge is 0.345 e. The van der Waals surface area contributed by atoms with Crippen LogP contribution in [0.15, 0.2) is 64.5 Å². The number of benzene rings is 2. The Morgan fingerprint density at radius 1 is 1.03 bits per heavy atom. The Morgan fingerprint density at radius 3 is 2.54 bits per heavy atom. The molecule has 0 N–H and O–H groups in total. The molecule has 0 radical (unpaired) electrons. The molecule has 2 aromatic carbocycles. The topological polar surface area (TPSA) is 74.2 Å². The second-order valence-corrected chi connectivity index (χ2v) is 10.1. The summed E-state index contributed by atoms with van der Waals surface area (Å²) in [5, 5.41) is 9.97. The number of para-hydroxylation sites is 2. The summed E-state index contributed by atoms with van der Waals surface area (Å²) < 4.78 is 5.78. The fraction of sp³-hybridized carbons (Fsp3) is 0.259. The third-order valence-electron chi connectivity index (χ3n) is 6.78. The molecule has 0 spiro atoms. The second-order valence-electron chi connectivity index (χ2n) is 9.16. The first-order chi connectivity index (χ1) is 17.0. The predicted octanol–water partition coefficient (Wildman–Crippen LogP) is 5.07. The van der Waals surface area contributed by atoms with Gasteiger partial charge in [-0.25, -0.2) is 4.57 Å². The summed E-state index contributed by atoms with van der Waals surface area (Å²) in [6.45, 7) is 6.07. The van der Waals surface area contributed by atoms with Gasteiger partial charge in [-0.05, 0) is 63.4 Å². The van der Waals surface area contributed by atoms with Crippen molar-refractivity contribution in [2.24, 2.45) is 0 Å². The maximum Gasteiger partial charge on any atom is 0.267 e. The molecule has 176 valence electrons. The molecular formula is C27H25N5O2S. The smallest absolute Gasteiger partial charge is 0.267 e. The molecular weight excluding hydrogens is 458 g/mol. The summed E-state index contributed by atoms with van der Waals surface area (Å²) in [5.41, 5.74) is 5.27. The van der Waals surface area contributed by atoms with Crippen molar-refractivity contribution >= 4 is 34.2 Å². The number of carbonyl (C=O) groups excluding carboxylic acids is 1. The number of thioether (sulfide) groups is 1. The molecule has 0 amide bonds. The normalized spacial score (nSPS) is 13.7. The van der Waals surface area contributed by atoms with Gasteiger partial charge < -0.3 is 4.57 Å². The number of carbonyl (C=O) groups is 1. The zero-order valence-electron chi connectivity index (χ0n) is 19.9. The third kappa shape index (κ3) is 3.51. The molecule has 0 unspecified atom stereocenters. The van der Waals surface area contributed by atoms with E-state index < -0.39 is 0 Å². The van der Waals surface area contributed by atoms with Gasteiger partial charge in [0.2, 0.25) is 5.78 Å². The summed E-state index contributed by atoms with van der Waals surface area (Å²) in [7, 11) is 0. The molecule has 1 aliphatic carbocycles. The van der Waals surface area contributed by atoms with Gasteiger partial charge >= 0.3 is 0 Å². The average Bonchev–Trinajstić information content (AvgIpc) is 3.52. The van der Waals surface area contributed by atoms with E-state index in [4.69, 9.17) is 0 Å². The molecule has 3 heterocycles. The lowest BCUT2D eigenvalue weighted by atomic mass is 10.2. The monoisotopic (exact) mass is 483 g/mol. The van der Waals surface area contributed by atoms with Crippen LogP contribution in [0, 0.1) is 20.8 Å². The van der Waals surface area contributed by atoms with Crippen molar-refractivity contribution in [3.05, 3.63) is 87.5 Å². The molecule has 7 nitrogen and oxygen atoms in total. The van der Waals surface area contributed by atoms with E-state index >= 15 is 0 Å². The predicted molar refractivity (Wildman–Crippen MR) is 138 cm³/mol. The van der Waals surface area contributed by atoms with Crippen LogP contribution in [0.5, 0.6) is 0 Å². The van der Waals surface area contributed by atoms with Crippen LogP contribution in [-0.4, -0.2) is 35.3 Å². The van der Waals surface area contributed by atoms with Gasteiger partial charge in [0.25, 0.3) is 5.56 Å². The minimum Gasteiger partial charge on any atom is -0.345 e. The van der Waals surface area contributed by atoms with Gasteiger partial charge in [0, 0.05) is 23.0 Å². The lowest BCUT2D eigenvalue weighted by Crippen LogP contribution is -2.22. The highest BCUT2D eigenvalue weighted by Crippen LogP contribution is 2.38. The van der Waals surface area contributed by atoms with Crippen molar-refractivity contribution in [3.63, 3.8) is 0 Å². The van der Waals surface area contributed by atoms with Crippen LogP contribution < -0.4 is 5.56 Å². The van der Waals surface area contributed by atoms with Crippen LogP contribution in [0.3, 0.4) is 0 Å². The zero-order valence-corrected chi connectivity index (χ0v) is 20.7. The molecule has 1 saturated carbocycles. The quantitative estimate of drug-likeness (QED) is 0.249. The highest BCUT2D eigenvalue weighted by molar-refractivity contribution is 7.99. The lowest BCUT2D eigenvalue weighted by Gasteiger charge is -2.13. The first-order valence-corrected chi connectivity index (χ1v) is 12.7. The van der Waals surface area contributed by atoms with Crippen molar-refractivity contribution in [2.45, 2.75) is 44.8 Å². The maximum absolute atomic E-state index is 13.5. The molecule has 8 heteroatoms. The fourth-order valence-electron chi connectivity index (χ4n) is 4.97. The van der Waals surface area contributed by atoms with Crippen LogP contribution >= 0.6 is 11.8 Å². The SMILES string of the molecule is Cc1ccccc1-n1c(=O)c2ccccc2n2c(SCC(=O)c3cc(C)n(C4CC4)c3C)nnc12. The summed E-state index contributed by atoms with van der Waals surface area (Å²) in [6, 6.07) is 17.7. The van der Waals surface area contributed by atoms with Crippen molar-refractivity contribution in [3.8, 4) is 5.69 Å². The number of rotatable bonds is 6. The van der Waals surface area contributed by atoms with Gasteiger partial charge in [-0.1, -0.05) is 42.1 Å². The number of nitrogens with zero attached hydrogens (tertiary/aromatic N) is 5. The Morgan fingerprint density at radius 2 is 1.77 bits per heavy atom. The van der Waals surface area contributed by atoms with Gasteiger partial charge in [-0.2, -0.15) is 0 Å². The van der Waals surface area contributed by atoms with Crippen molar-refractivity contribution in [2.75, 3.05) is 5.75 Å². The number of aryl methyl sites for hydroxylation is 2. The standard InChI is InChI=1S/C27H25N5O2S/c1-16-8-4-6-10-22(16)31-25(34)20-9-5-7-11-23(20)32-26(31)28-29-27(32)35-15-24(33)21-14-17(2)30(18(21)3)19-12-13-19/h4-11,14,19H,12-13,15H2,1-3H3. The van der Waals surface area contributed by atoms with Gasteiger partial charge in [0.1, 0.15) is 0 Å². The first-order valence-electron chi connectivity index (χ1n) is 11.7. The van der Waals surface area contributed by atoms with E-state index in [1.807, 2.05) is 72.8 Å². The maximum atomic E-state index is 13.5. The van der Waals surface area contributed by atoms with Gasteiger partial charge in [0.15, 0.2) is 10.9 Å². The van der Waals surface area contributed by atoms with Gasteiger partial charge in [-0.3, -0.25) is 14.0 Å². The van der Waals surface area contributed by atoms with E-state index in [1.54, 1.807) is 4.57 Å². The van der Waals surface area contributed by atoms with E-state index in [9.17, 15) is 9.59 Å². The number of hydrogen-bond donors (Lipinski definition) is 0. The van der Waals surface area contributed by atoms with Gasteiger partial charge in [0.05, 0.1) is 22.3 Å². The molecule has 1 fully saturated rings. The molecule has 3 aromatic heterocycles. The summed E-state index contributed by atoms with van der Waals surface area (Å²) in [6.07, 6.45) is 2.36. The van der Waals surface area contributed by atoms with E-state index in [2.05, 4.69) is 21.7 Å². The Bertz CT molecular complexity index is 1690. The Kier molecular flexibility index (Phi) is 5.14. The molecule has 0 saturated heterocycles. The van der Waals surface area contributed by atoms with Crippen molar-refractivity contribution in [1.82, 2.24) is 23.7 Å². The molecule has 35 heavy (non-hydrogen) atoms. The van der Waals surface area contributed by atoms with Crippen molar-refractivity contribution in [1.29, 1.82) is 0 Å². The van der Waals surface area contributed by atoms with Crippen LogP contribution in [0.4, 0.5) is 0 Å². The van der Waals surface area contributed by atoms with Crippen LogP contribution in [0.1, 0.15) is 46.2 Å². The molecule has 0 bridgehead atoms. The number of fused-ring (bicyclic) bond motifs is 3. The van der Waals surface area contributed by atoms with E-state index in [-0.39, 0.29) is 17.1 Å². The summed E-state index contributed by atoms with van der Waals surface area (Å²) >= 11 is 1.35.